The SMILES string of the molecule is Cc1cc(C(=O)Nc2ccc(Br)cc2Cl)ccc1NN. The molecule has 0 aromatic heterocycles. The molecule has 6 heteroatoms. The summed E-state index contributed by atoms with van der Waals surface area (Å²) in [6.45, 7) is 1.87. The first-order valence-electron chi connectivity index (χ1n) is 5.85. The predicted octanol–water partition coefficient (Wildman–Crippen LogP) is 3.95. The zero-order chi connectivity index (χ0) is 14.7. The van der Waals surface area contributed by atoms with Gasteiger partial charge in [-0.2, -0.15) is 0 Å². The second kappa shape index (κ2) is 6.26. The van der Waals surface area contributed by atoms with E-state index in [0.717, 1.165) is 15.7 Å². The molecule has 0 saturated carbocycles. The number of amides is 1. The lowest BCUT2D eigenvalue weighted by Gasteiger charge is -2.10. The summed E-state index contributed by atoms with van der Waals surface area (Å²) in [6, 6.07) is 10.5. The molecule has 0 bridgehead atoms. The van der Waals surface area contributed by atoms with E-state index >= 15 is 0 Å². The Morgan fingerprint density at radius 2 is 1.90 bits per heavy atom. The zero-order valence-corrected chi connectivity index (χ0v) is 13.0. The Morgan fingerprint density at radius 3 is 2.50 bits per heavy atom. The number of halogens is 2. The third kappa shape index (κ3) is 3.30. The summed E-state index contributed by atoms with van der Waals surface area (Å²) in [5, 5.41) is 3.25. The van der Waals surface area contributed by atoms with Crippen LogP contribution in [0.2, 0.25) is 5.02 Å². The third-order valence-corrected chi connectivity index (χ3v) is 3.63. The fraction of sp³-hybridized carbons (Fsp3) is 0.0714. The highest BCUT2D eigenvalue weighted by atomic mass is 79.9. The third-order valence-electron chi connectivity index (χ3n) is 2.82. The highest BCUT2D eigenvalue weighted by Crippen LogP contribution is 2.26. The Morgan fingerprint density at radius 1 is 1.20 bits per heavy atom. The molecule has 20 heavy (non-hydrogen) atoms. The summed E-state index contributed by atoms with van der Waals surface area (Å²) in [4.78, 5) is 12.2. The van der Waals surface area contributed by atoms with Gasteiger partial charge in [-0.1, -0.05) is 27.5 Å². The van der Waals surface area contributed by atoms with Crippen molar-refractivity contribution in [3.8, 4) is 0 Å². The molecule has 4 nitrogen and oxygen atoms in total. The molecule has 2 aromatic carbocycles. The number of carbonyl (C=O) groups is 1. The molecule has 2 aromatic rings. The van der Waals surface area contributed by atoms with Crippen molar-refractivity contribution in [2.75, 3.05) is 10.7 Å². The first kappa shape index (κ1) is 14.8. The lowest BCUT2D eigenvalue weighted by molar-refractivity contribution is 0.102. The smallest absolute Gasteiger partial charge is 0.255 e. The number of anilines is 2. The van der Waals surface area contributed by atoms with Gasteiger partial charge in [-0.25, -0.2) is 0 Å². The van der Waals surface area contributed by atoms with E-state index < -0.39 is 0 Å². The van der Waals surface area contributed by atoms with Crippen molar-refractivity contribution in [2.45, 2.75) is 6.92 Å². The minimum Gasteiger partial charge on any atom is -0.324 e. The van der Waals surface area contributed by atoms with Gasteiger partial charge in [0.2, 0.25) is 0 Å². The molecule has 0 fully saturated rings. The van der Waals surface area contributed by atoms with Crippen LogP contribution in [0.1, 0.15) is 15.9 Å². The summed E-state index contributed by atoms with van der Waals surface area (Å²) in [5.41, 5.74) is 5.35. The standard InChI is InChI=1S/C14H13BrClN3O/c1-8-6-9(2-4-12(8)19-17)14(20)18-13-5-3-10(15)7-11(13)16/h2-7,19H,17H2,1H3,(H,18,20). The van der Waals surface area contributed by atoms with E-state index in [9.17, 15) is 4.79 Å². The zero-order valence-electron chi connectivity index (χ0n) is 10.7. The second-order valence-electron chi connectivity index (χ2n) is 4.25. The van der Waals surface area contributed by atoms with Crippen LogP contribution in [-0.2, 0) is 0 Å². The summed E-state index contributed by atoms with van der Waals surface area (Å²) >= 11 is 9.39. The van der Waals surface area contributed by atoms with E-state index in [2.05, 4.69) is 26.7 Å². The van der Waals surface area contributed by atoms with Crippen molar-refractivity contribution >= 4 is 44.8 Å². The minimum atomic E-state index is -0.221. The van der Waals surface area contributed by atoms with Crippen LogP contribution in [-0.4, -0.2) is 5.91 Å². The Labute approximate surface area is 130 Å². The number of nitrogens with two attached hydrogens (primary N) is 1. The van der Waals surface area contributed by atoms with E-state index in [1.54, 1.807) is 30.3 Å². The van der Waals surface area contributed by atoms with Crippen molar-refractivity contribution in [3.05, 3.63) is 57.0 Å². The average Bonchev–Trinajstić information content (AvgIpc) is 2.41. The number of aryl methyl sites for hydroxylation is 1. The molecule has 0 aliphatic heterocycles. The van der Waals surface area contributed by atoms with E-state index in [1.807, 2.05) is 13.0 Å². The molecule has 0 heterocycles. The molecule has 2 rings (SSSR count). The first-order chi connectivity index (χ1) is 9.51. The van der Waals surface area contributed by atoms with E-state index in [4.69, 9.17) is 17.4 Å². The maximum absolute atomic E-state index is 12.2. The number of nitrogens with one attached hydrogen (secondary N) is 2. The largest absolute Gasteiger partial charge is 0.324 e. The van der Waals surface area contributed by atoms with Crippen LogP contribution in [0.25, 0.3) is 0 Å². The fourth-order valence-corrected chi connectivity index (χ4v) is 2.47. The second-order valence-corrected chi connectivity index (χ2v) is 5.58. The molecule has 0 radical (unpaired) electrons. The quantitative estimate of drug-likeness (QED) is 0.577. The molecule has 1 amide bonds. The van der Waals surface area contributed by atoms with Gasteiger partial charge in [0.1, 0.15) is 0 Å². The Balaban J connectivity index is 2.21. The molecule has 0 saturated heterocycles. The molecular weight excluding hydrogens is 342 g/mol. The molecule has 0 aliphatic carbocycles. The Bertz CT molecular complexity index is 661. The first-order valence-corrected chi connectivity index (χ1v) is 7.02. The predicted molar refractivity (Wildman–Crippen MR) is 86.1 cm³/mol. The number of hydrazine groups is 1. The van der Waals surface area contributed by atoms with Crippen molar-refractivity contribution in [1.82, 2.24) is 0 Å². The number of nitrogen functional groups attached to an aromatic ring is 1. The number of carbonyl (C=O) groups excluding carboxylic acids is 1. The maximum atomic E-state index is 12.2. The normalized spacial score (nSPS) is 10.2. The number of rotatable bonds is 3. The lowest BCUT2D eigenvalue weighted by atomic mass is 10.1. The van der Waals surface area contributed by atoms with Gasteiger partial charge < -0.3 is 10.7 Å². The molecule has 104 valence electrons. The van der Waals surface area contributed by atoms with Crippen LogP contribution < -0.4 is 16.6 Å². The fourth-order valence-electron chi connectivity index (χ4n) is 1.75. The highest BCUT2D eigenvalue weighted by molar-refractivity contribution is 9.10. The summed E-state index contributed by atoms with van der Waals surface area (Å²) in [6.07, 6.45) is 0. The number of hydrogen-bond donors (Lipinski definition) is 3. The van der Waals surface area contributed by atoms with Gasteiger partial charge in [0.25, 0.3) is 5.91 Å². The monoisotopic (exact) mass is 353 g/mol. The summed E-state index contributed by atoms with van der Waals surface area (Å²) in [5.74, 6) is 5.14. The van der Waals surface area contributed by atoms with Gasteiger partial charge in [-0.3, -0.25) is 10.6 Å². The Hall–Kier alpha value is -1.56. The molecule has 4 N–H and O–H groups in total. The van der Waals surface area contributed by atoms with Gasteiger partial charge in [-0.15, -0.1) is 0 Å². The van der Waals surface area contributed by atoms with Crippen molar-refractivity contribution in [3.63, 3.8) is 0 Å². The van der Waals surface area contributed by atoms with E-state index in [-0.39, 0.29) is 5.91 Å². The number of benzene rings is 2. The van der Waals surface area contributed by atoms with Crippen LogP contribution >= 0.6 is 27.5 Å². The van der Waals surface area contributed by atoms with Gasteiger partial charge in [0.15, 0.2) is 0 Å². The van der Waals surface area contributed by atoms with Crippen molar-refractivity contribution in [2.24, 2.45) is 5.84 Å². The maximum Gasteiger partial charge on any atom is 0.255 e. The van der Waals surface area contributed by atoms with Gasteiger partial charge >= 0.3 is 0 Å². The van der Waals surface area contributed by atoms with E-state index in [1.165, 1.54) is 0 Å². The molecule has 0 aliphatic rings. The van der Waals surface area contributed by atoms with Crippen LogP contribution in [0.3, 0.4) is 0 Å². The molecular formula is C14H13BrClN3O. The average molecular weight is 355 g/mol. The summed E-state index contributed by atoms with van der Waals surface area (Å²) in [7, 11) is 0. The van der Waals surface area contributed by atoms with Crippen molar-refractivity contribution < 1.29 is 4.79 Å². The summed E-state index contributed by atoms with van der Waals surface area (Å²) < 4.78 is 0.856. The Kier molecular flexibility index (Phi) is 4.65. The van der Waals surface area contributed by atoms with Crippen LogP contribution in [0.15, 0.2) is 40.9 Å². The van der Waals surface area contributed by atoms with Gasteiger partial charge in [0, 0.05) is 10.0 Å². The number of hydrogen-bond acceptors (Lipinski definition) is 3. The van der Waals surface area contributed by atoms with Crippen molar-refractivity contribution in [1.29, 1.82) is 0 Å². The van der Waals surface area contributed by atoms with Crippen LogP contribution in [0.5, 0.6) is 0 Å². The van der Waals surface area contributed by atoms with E-state index in [0.29, 0.717) is 16.3 Å². The minimum absolute atomic E-state index is 0.221. The molecule has 0 atom stereocenters. The topological polar surface area (TPSA) is 67.2 Å². The van der Waals surface area contributed by atoms with Gasteiger partial charge in [-0.05, 0) is 48.9 Å². The molecule has 0 spiro atoms. The highest BCUT2D eigenvalue weighted by Gasteiger charge is 2.10. The lowest BCUT2D eigenvalue weighted by Crippen LogP contribution is -2.13. The van der Waals surface area contributed by atoms with Crippen LogP contribution in [0, 0.1) is 6.92 Å². The molecule has 0 unspecified atom stereocenters. The van der Waals surface area contributed by atoms with Gasteiger partial charge in [0.05, 0.1) is 16.4 Å². The van der Waals surface area contributed by atoms with Crippen LogP contribution in [0.4, 0.5) is 11.4 Å².